The molecule has 0 saturated heterocycles. The minimum Gasteiger partial charge on any atom is -0.379 e. The van der Waals surface area contributed by atoms with Gasteiger partial charge in [0.2, 0.25) is 0 Å². The summed E-state index contributed by atoms with van der Waals surface area (Å²) in [7, 11) is -3.88. The number of aromatic nitrogens is 2. The lowest BCUT2D eigenvalue weighted by molar-refractivity contribution is 0.486. The Balaban J connectivity index is 1.82. The summed E-state index contributed by atoms with van der Waals surface area (Å²) in [4.78, 5) is 0.0460. The van der Waals surface area contributed by atoms with Crippen LogP contribution in [0.2, 0.25) is 5.02 Å². The molecule has 8 heteroatoms. The highest BCUT2D eigenvalue weighted by atomic mass is 35.5. The summed E-state index contributed by atoms with van der Waals surface area (Å²) in [6, 6.07) is 12.4. The number of rotatable bonds is 4. The zero-order chi connectivity index (χ0) is 15.6. The van der Waals surface area contributed by atoms with Gasteiger partial charge in [0.05, 0.1) is 0 Å². The van der Waals surface area contributed by atoms with Crippen LogP contribution in [0, 0.1) is 0 Å². The van der Waals surface area contributed by atoms with Crippen LogP contribution in [0.1, 0.15) is 0 Å². The minimum atomic E-state index is -3.88. The van der Waals surface area contributed by atoms with Gasteiger partial charge in [-0.25, -0.2) is 0 Å². The molecule has 2 aromatic carbocycles. The highest BCUT2D eigenvalue weighted by molar-refractivity contribution is 7.87. The standard InChI is InChI=1S/C14H9ClN2O3S2/c15-11-3-7-13(8-4-11)22(18,19)20-12-5-1-10(2-6-12)14-9-21-17-16-14/h1-9H. The van der Waals surface area contributed by atoms with Crippen molar-refractivity contribution in [2.45, 2.75) is 4.90 Å². The Morgan fingerprint density at radius 3 is 2.27 bits per heavy atom. The Labute approximate surface area is 136 Å². The van der Waals surface area contributed by atoms with E-state index in [0.29, 0.717) is 5.02 Å². The first-order valence-electron chi connectivity index (χ1n) is 6.12. The third-order valence-corrected chi connectivity index (χ3v) is 4.84. The van der Waals surface area contributed by atoms with Gasteiger partial charge >= 0.3 is 10.1 Å². The Bertz CT molecular complexity index is 861. The predicted molar refractivity (Wildman–Crippen MR) is 84.6 cm³/mol. The highest BCUT2D eigenvalue weighted by Crippen LogP contribution is 2.24. The molecule has 3 aromatic rings. The highest BCUT2D eigenvalue weighted by Gasteiger charge is 2.16. The van der Waals surface area contributed by atoms with E-state index in [0.717, 1.165) is 11.3 Å². The number of nitrogens with zero attached hydrogens (tertiary/aromatic N) is 2. The Hall–Kier alpha value is -1.96. The van der Waals surface area contributed by atoms with Crippen molar-refractivity contribution in [1.29, 1.82) is 0 Å². The summed E-state index contributed by atoms with van der Waals surface area (Å²) in [5, 5.41) is 6.21. The van der Waals surface area contributed by atoms with Crippen molar-refractivity contribution in [3.05, 3.63) is 58.9 Å². The van der Waals surface area contributed by atoms with Crippen LogP contribution in [0.15, 0.2) is 58.8 Å². The zero-order valence-electron chi connectivity index (χ0n) is 11.0. The molecule has 0 fully saturated rings. The Kier molecular flexibility index (Phi) is 4.10. The topological polar surface area (TPSA) is 69.2 Å². The molecule has 0 atom stereocenters. The number of hydrogen-bond donors (Lipinski definition) is 0. The van der Waals surface area contributed by atoms with E-state index >= 15 is 0 Å². The van der Waals surface area contributed by atoms with E-state index < -0.39 is 10.1 Å². The van der Waals surface area contributed by atoms with E-state index in [9.17, 15) is 8.42 Å². The maximum atomic E-state index is 12.1. The molecule has 0 aliphatic heterocycles. The second-order valence-electron chi connectivity index (χ2n) is 4.31. The lowest BCUT2D eigenvalue weighted by Gasteiger charge is -2.07. The molecule has 0 spiro atoms. The third-order valence-electron chi connectivity index (χ3n) is 2.82. The first kappa shape index (κ1) is 15.0. The van der Waals surface area contributed by atoms with Crippen LogP contribution in [0.3, 0.4) is 0 Å². The maximum absolute atomic E-state index is 12.1. The van der Waals surface area contributed by atoms with E-state index in [1.807, 2.05) is 0 Å². The fourth-order valence-electron chi connectivity index (χ4n) is 1.75. The van der Waals surface area contributed by atoms with Crippen LogP contribution in [0.4, 0.5) is 0 Å². The fraction of sp³-hybridized carbons (Fsp3) is 0. The fourth-order valence-corrected chi connectivity index (χ4v) is 3.27. The summed E-state index contributed by atoms with van der Waals surface area (Å²) < 4.78 is 33.2. The van der Waals surface area contributed by atoms with Crippen LogP contribution < -0.4 is 4.18 Å². The monoisotopic (exact) mass is 352 g/mol. The molecule has 22 heavy (non-hydrogen) atoms. The maximum Gasteiger partial charge on any atom is 0.339 e. The summed E-state index contributed by atoms with van der Waals surface area (Å²) in [6.45, 7) is 0. The summed E-state index contributed by atoms with van der Waals surface area (Å²) in [6.07, 6.45) is 0. The summed E-state index contributed by atoms with van der Waals surface area (Å²) >= 11 is 6.99. The van der Waals surface area contributed by atoms with Gasteiger partial charge in [-0.1, -0.05) is 16.1 Å². The van der Waals surface area contributed by atoms with Gasteiger partial charge in [-0.05, 0) is 60.1 Å². The van der Waals surface area contributed by atoms with Crippen molar-refractivity contribution in [2.24, 2.45) is 0 Å². The van der Waals surface area contributed by atoms with Crippen molar-refractivity contribution in [2.75, 3.05) is 0 Å². The molecule has 1 aromatic heterocycles. The SMILES string of the molecule is O=S(=O)(Oc1ccc(-c2csnn2)cc1)c1ccc(Cl)cc1. The van der Waals surface area contributed by atoms with E-state index in [-0.39, 0.29) is 10.6 Å². The average Bonchev–Trinajstić information content (AvgIpc) is 3.02. The zero-order valence-corrected chi connectivity index (χ0v) is 13.4. The molecular weight excluding hydrogens is 344 g/mol. The molecule has 112 valence electrons. The molecular formula is C14H9ClN2O3S2. The van der Waals surface area contributed by atoms with Crippen molar-refractivity contribution in [3.63, 3.8) is 0 Å². The van der Waals surface area contributed by atoms with Gasteiger partial charge in [-0.3, -0.25) is 0 Å². The van der Waals surface area contributed by atoms with Crippen LogP contribution in [-0.2, 0) is 10.1 Å². The molecule has 0 radical (unpaired) electrons. The van der Waals surface area contributed by atoms with Gasteiger partial charge in [0.15, 0.2) is 0 Å². The molecule has 0 unspecified atom stereocenters. The molecule has 3 rings (SSSR count). The largest absolute Gasteiger partial charge is 0.379 e. The molecule has 0 aliphatic carbocycles. The Morgan fingerprint density at radius 1 is 1.00 bits per heavy atom. The predicted octanol–water partition coefficient (Wildman–Crippen LogP) is 3.63. The van der Waals surface area contributed by atoms with E-state index in [2.05, 4.69) is 9.59 Å². The Morgan fingerprint density at radius 2 is 1.68 bits per heavy atom. The lowest BCUT2D eigenvalue weighted by atomic mass is 10.2. The van der Waals surface area contributed by atoms with E-state index in [1.165, 1.54) is 35.8 Å². The van der Waals surface area contributed by atoms with Crippen LogP contribution >= 0.6 is 23.1 Å². The van der Waals surface area contributed by atoms with Gasteiger partial charge < -0.3 is 4.18 Å². The quantitative estimate of drug-likeness (QED) is 0.671. The third kappa shape index (κ3) is 3.27. The van der Waals surface area contributed by atoms with Crippen molar-refractivity contribution in [1.82, 2.24) is 9.59 Å². The average molecular weight is 353 g/mol. The smallest absolute Gasteiger partial charge is 0.339 e. The van der Waals surface area contributed by atoms with Crippen molar-refractivity contribution >= 4 is 33.3 Å². The van der Waals surface area contributed by atoms with E-state index in [1.54, 1.807) is 29.6 Å². The number of hydrogen-bond acceptors (Lipinski definition) is 6. The van der Waals surface area contributed by atoms with Crippen LogP contribution in [-0.4, -0.2) is 18.0 Å². The van der Waals surface area contributed by atoms with E-state index in [4.69, 9.17) is 15.8 Å². The lowest BCUT2D eigenvalue weighted by Crippen LogP contribution is -2.09. The second-order valence-corrected chi connectivity index (χ2v) is 6.90. The molecule has 0 aliphatic rings. The summed E-state index contributed by atoms with van der Waals surface area (Å²) in [5.41, 5.74) is 1.57. The van der Waals surface area contributed by atoms with Crippen molar-refractivity contribution in [3.8, 4) is 17.0 Å². The van der Waals surface area contributed by atoms with Crippen LogP contribution in [0.5, 0.6) is 5.75 Å². The first-order chi connectivity index (χ1) is 10.5. The number of halogens is 1. The van der Waals surface area contributed by atoms with Crippen LogP contribution in [0.25, 0.3) is 11.3 Å². The molecule has 0 bridgehead atoms. The minimum absolute atomic E-state index is 0.0460. The molecule has 0 N–H and O–H groups in total. The molecule has 0 amide bonds. The molecule has 5 nitrogen and oxygen atoms in total. The number of benzene rings is 2. The first-order valence-corrected chi connectivity index (χ1v) is 8.74. The van der Waals surface area contributed by atoms with Gasteiger partial charge in [0.1, 0.15) is 16.3 Å². The normalized spacial score (nSPS) is 11.3. The summed E-state index contributed by atoms with van der Waals surface area (Å²) in [5.74, 6) is 0.224. The van der Waals surface area contributed by atoms with Gasteiger partial charge in [-0.2, -0.15) is 8.42 Å². The van der Waals surface area contributed by atoms with Gasteiger partial charge in [-0.15, -0.1) is 5.10 Å². The van der Waals surface area contributed by atoms with Gasteiger partial charge in [0, 0.05) is 16.0 Å². The van der Waals surface area contributed by atoms with Gasteiger partial charge in [0.25, 0.3) is 0 Å². The second kappa shape index (κ2) is 6.04. The molecule has 0 saturated carbocycles. The molecule has 1 heterocycles. The van der Waals surface area contributed by atoms with Crippen molar-refractivity contribution < 1.29 is 12.6 Å².